The van der Waals surface area contributed by atoms with Crippen molar-refractivity contribution in [2.45, 2.75) is 0 Å². The van der Waals surface area contributed by atoms with Crippen LogP contribution in [0.25, 0.3) is 0 Å². The number of aromatic nitrogens is 1. The third kappa shape index (κ3) is 4.69. The van der Waals surface area contributed by atoms with Crippen LogP contribution in [0.1, 0.15) is 10.4 Å². The molecule has 0 aliphatic rings. The van der Waals surface area contributed by atoms with E-state index in [2.05, 4.69) is 26.2 Å². The highest BCUT2D eigenvalue weighted by atomic mass is 79.9. The first-order chi connectivity index (χ1) is 10.5. The standard InChI is InChI=1S/C14H9BrCl2N2O3/c15-9-3-1-8(2-4-9)14(21)22-7-12(20)19-13-11(17)5-10(16)6-18-13/h1-6H,7H2,(H,18,19,20). The van der Waals surface area contributed by atoms with Crippen LogP contribution in [-0.2, 0) is 9.53 Å². The van der Waals surface area contributed by atoms with Gasteiger partial charge >= 0.3 is 5.97 Å². The maximum Gasteiger partial charge on any atom is 0.338 e. The Morgan fingerprint density at radius 3 is 2.55 bits per heavy atom. The first kappa shape index (κ1) is 16.7. The third-order valence-electron chi connectivity index (χ3n) is 2.48. The monoisotopic (exact) mass is 402 g/mol. The van der Waals surface area contributed by atoms with E-state index in [1.807, 2.05) is 0 Å². The zero-order valence-corrected chi connectivity index (χ0v) is 14.1. The molecule has 0 spiro atoms. The van der Waals surface area contributed by atoms with Crippen molar-refractivity contribution >= 4 is 56.8 Å². The highest BCUT2D eigenvalue weighted by molar-refractivity contribution is 9.10. The van der Waals surface area contributed by atoms with Gasteiger partial charge in [-0.1, -0.05) is 39.1 Å². The lowest BCUT2D eigenvalue weighted by atomic mass is 10.2. The minimum absolute atomic E-state index is 0.149. The molecular weight excluding hydrogens is 395 g/mol. The second-order valence-corrected chi connectivity index (χ2v) is 5.87. The van der Waals surface area contributed by atoms with E-state index in [1.165, 1.54) is 12.3 Å². The Bertz CT molecular complexity index is 708. The van der Waals surface area contributed by atoms with Crippen LogP contribution in [0.3, 0.4) is 0 Å². The largest absolute Gasteiger partial charge is 0.452 e. The summed E-state index contributed by atoms with van der Waals surface area (Å²) < 4.78 is 5.74. The van der Waals surface area contributed by atoms with Gasteiger partial charge in [0.15, 0.2) is 12.4 Å². The van der Waals surface area contributed by atoms with E-state index in [4.69, 9.17) is 27.9 Å². The first-order valence-corrected chi connectivity index (χ1v) is 7.54. The maximum absolute atomic E-state index is 11.7. The average molecular weight is 404 g/mol. The predicted molar refractivity (Wildman–Crippen MR) is 87.3 cm³/mol. The molecule has 0 aliphatic carbocycles. The van der Waals surface area contributed by atoms with E-state index < -0.39 is 18.5 Å². The number of pyridine rings is 1. The summed E-state index contributed by atoms with van der Waals surface area (Å²) >= 11 is 14.8. The van der Waals surface area contributed by atoms with Crippen LogP contribution in [0.2, 0.25) is 10.0 Å². The van der Waals surface area contributed by atoms with Crippen molar-refractivity contribution in [3.8, 4) is 0 Å². The van der Waals surface area contributed by atoms with Crippen LogP contribution in [0.15, 0.2) is 41.0 Å². The number of nitrogens with one attached hydrogen (secondary N) is 1. The number of carbonyl (C=O) groups excluding carboxylic acids is 2. The minimum atomic E-state index is -0.599. The minimum Gasteiger partial charge on any atom is -0.452 e. The van der Waals surface area contributed by atoms with Gasteiger partial charge in [0.05, 0.1) is 15.6 Å². The molecule has 2 rings (SSSR count). The lowest BCUT2D eigenvalue weighted by molar-refractivity contribution is -0.119. The molecule has 2 aromatic rings. The van der Waals surface area contributed by atoms with Crippen molar-refractivity contribution in [3.05, 3.63) is 56.6 Å². The third-order valence-corrected chi connectivity index (χ3v) is 3.50. The van der Waals surface area contributed by atoms with Crippen LogP contribution in [0.4, 0.5) is 5.82 Å². The van der Waals surface area contributed by atoms with Gasteiger partial charge in [0.1, 0.15) is 0 Å². The lowest BCUT2D eigenvalue weighted by Gasteiger charge is -2.07. The highest BCUT2D eigenvalue weighted by Crippen LogP contribution is 2.22. The van der Waals surface area contributed by atoms with Gasteiger partial charge in [0.2, 0.25) is 0 Å². The summed E-state index contributed by atoms with van der Waals surface area (Å²) in [6.07, 6.45) is 1.34. The molecule has 0 bridgehead atoms. The van der Waals surface area contributed by atoms with Crippen molar-refractivity contribution in [2.75, 3.05) is 11.9 Å². The SMILES string of the molecule is O=C(COC(=O)c1ccc(Br)cc1)Nc1ncc(Cl)cc1Cl. The number of anilines is 1. The maximum atomic E-state index is 11.7. The smallest absolute Gasteiger partial charge is 0.338 e. The molecular formula is C14H9BrCl2N2O3. The van der Waals surface area contributed by atoms with E-state index in [1.54, 1.807) is 24.3 Å². The summed E-state index contributed by atoms with van der Waals surface area (Å²) in [5.74, 6) is -1.00. The fraction of sp³-hybridized carbons (Fsp3) is 0.0714. The molecule has 0 unspecified atom stereocenters. The summed E-state index contributed by atoms with van der Waals surface area (Å²) in [5.41, 5.74) is 0.346. The first-order valence-electron chi connectivity index (χ1n) is 5.99. The van der Waals surface area contributed by atoms with Crippen LogP contribution in [0, 0.1) is 0 Å². The zero-order valence-electron chi connectivity index (χ0n) is 11.0. The molecule has 0 saturated heterocycles. The summed E-state index contributed by atoms with van der Waals surface area (Å²) in [6, 6.07) is 8.02. The number of benzene rings is 1. The van der Waals surface area contributed by atoms with E-state index in [-0.39, 0.29) is 10.8 Å². The number of esters is 1. The molecule has 1 heterocycles. The van der Waals surface area contributed by atoms with Gasteiger partial charge < -0.3 is 10.1 Å². The van der Waals surface area contributed by atoms with Crippen LogP contribution < -0.4 is 5.32 Å². The normalized spacial score (nSPS) is 10.1. The summed E-state index contributed by atoms with van der Waals surface area (Å²) in [6.45, 7) is -0.449. The average Bonchev–Trinajstić information content (AvgIpc) is 2.48. The quantitative estimate of drug-likeness (QED) is 0.785. The van der Waals surface area contributed by atoms with Crippen LogP contribution in [0.5, 0.6) is 0 Å². The number of carbonyl (C=O) groups is 2. The number of halogens is 3. The van der Waals surface area contributed by atoms with Gasteiger partial charge in [-0.15, -0.1) is 0 Å². The van der Waals surface area contributed by atoms with Gasteiger partial charge in [-0.25, -0.2) is 9.78 Å². The lowest BCUT2D eigenvalue weighted by Crippen LogP contribution is -2.21. The molecule has 8 heteroatoms. The molecule has 0 saturated carbocycles. The predicted octanol–water partition coefficient (Wildman–Crippen LogP) is 3.95. The molecule has 0 fully saturated rings. The topological polar surface area (TPSA) is 68.3 Å². The Kier molecular flexibility index (Phi) is 5.76. The van der Waals surface area contributed by atoms with E-state index >= 15 is 0 Å². The molecule has 1 aromatic heterocycles. The zero-order chi connectivity index (χ0) is 16.1. The summed E-state index contributed by atoms with van der Waals surface area (Å²) in [7, 11) is 0. The van der Waals surface area contributed by atoms with Crippen molar-refractivity contribution in [1.82, 2.24) is 4.98 Å². The molecule has 1 amide bonds. The number of hydrogen-bond donors (Lipinski definition) is 1. The fourth-order valence-corrected chi connectivity index (χ4v) is 2.17. The number of hydrogen-bond acceptors (Lipinski definition) is 4. The summed E-state index contributed by atoms with van der Waals surface area (Å²) in [4.78, 5) is 27.3. The molecule has 0 radical (unpaired) electrons. The summed E-state index contributed by atoms with van der Waals surface area (Å²) in [5, 5.41) is 2.97. The van der Waals surface area contributed by atoms with E-state index in [9.17, 15) is 9.59 Å². The molecule has 0 atom stereocenters. The molecule has 1 aromatic carbocycles. The Hall–Kier alpha value is -1.63. The second-order valence-electron chi connectivity index (χ2n) is 4.12. The highest BCUT2D eigenvalue weighted by Gasteiger charge is 2.12. The molecule has 5 nitrogen and oxygen atoms in total. The molecule has 1 N–H and O–H groups in total. The van der Waals surface area contributed by atoms with E-state index in [0.29, 0.717) is 10.6 Å². The van der Waals surface area contributed by atoms with E-state index in [0.717, 1.165) is 4.47 Å². The van der Waals surface area contributed by atoms with Crippen molar-refractivity contribution < 1.29 is 14.3 Å². The number of ether oxygens (including phenoxy) is 1. The van der Waals surface area contributed by atoms with Gasteiger partial charge in [-0.3, -0.25) is 4.79 Å². The van der Waals surface area contributed by atoms with Crippen LogP contribution in [-0.4, -0.2) is 23.5 Å². The second kappa shape index (κ2) is 7.58. The molecule has 0 aliphatic heterocycles. The van der Waals surface area contributed by atoms with Crippen molar-refractivity contribution in [1.29, 1.82) is 0 Å². The van der Waals surface area contributed by atoms with Gasteiger partial charge in [-0.05, 0) is 30.3 Å². The number of amides is 1. The van der Waals surface area contributed by atoms with Gasteiger partial charge in [0.25, 0.3) is 5.91 Å². The Balaban J connectivity index is 1.89. The molecule has 22 heavy (non-hydrogen) atoms. The Morgan fingerprint density at radius 1 is 1.23 bits per heavy atom. The van der Waals surface area contributed by atoms with Crippen LogP contribution >= 0.6 is 39.1 Å². The molecule has 114 valence electrons. The fourth-order valence-electron chi connectivity index (χ4n) is 1.48. The number of nitrogens with zero attached hydrogens (tertiary/aromatic N) is 1. The Labute approximate surface area is 144 Å². The van der Waals surface area contributed by atoms with Gasteiger partial charge in [-0.2, -0.15) is 0 Å². The van der Waals surface area contributed by atoms with Crippen molar-refractivity contribution in [3.63, 3.8) is 0 Å². The van der Waals surface area contributed by atoms with Crippen molar-refractivity contribution in [2.24, 2.45) is 0 Å². The number of rotatable bonds is 4. The van der Waals surface area contributed by atoms with Gasteiger partial charge in [0, 0.05) is 10.7 Å². The Morgan fingerprint density at radius 2 is 1.91 bits per heavy atom.